The summed E-state index contributed by atoms with van der Waals surface area (Å²) in [5, 5.41) is 3.37. The number of thiophene rings is 1. The summed E-state index contributed by atoms with van der Waals surface area (Å²) in [5.41, 5.74) is 2.33. The van der Waals surface area contributed by atoms with Gasteiger partial charge in [0, 0.05) is 11.0 Å². The minimum atomic E-state index is -0.403. The molecule has 4 rings (SSSR count). The maximum Gasteiger partial charge on any atom is 0.341 e. The van der Waals surface area contributed by atoms with Crippen LogP contribution in [0.25, 0.3) is 6.08 Å². The molecule has 1 amide bonds. The van der Waals surface area contributed by atoms with Crippen LogP contribution in [0.5, 0.6) is 11.5 Å². The largest absolute Gasteiger partial charge is 0.465 e. The van der Waals surface area contributed by atoms with Gasteiger partial charge in [-0.3, -0.25) is 4.79 Å². The predicted octanol–water partition coefficient (Wildman–Crippen LogP) is 3.40. The smallest absolute Gasteiger partial charge is 0.341 e. The Labute approximate surface area is 154 Å². The SMILES string of the molecule is COC(=O)c1c(NC(=O)C=Cc2ccc3c(c2)OCO3)sc2c1CCC2. The fourth-order valence-corrected chi connectivity index (χ4v) is 4.43. The molecule has 1 aromatic heterocycles. The number of nitrogens with one attached hydrogen (secondary N) is 1. The van der Waals surface area contributed by atoms with Crippen molar-refractivity contribution in [3.8, 4) is 11.5 Å². The maximum absolute atomic E-state index is 12.3. The highest BCUT2D eigenvalue weighted by atomic mass is 32.1. The summed E-state index contributed by atoms with van der Waals surface area (Å²) in [6.07, 6.45) is 5.94. The summed E-state index contributed by atoms with van der Waals surface area (Å²) in [6.45, 7) is 0.211. The Bertz CT molecular complexity index is 915. The number of hydrogen-bond acceptors (Lipinski definition) is 6. The van der Waals surface area contributed by atoms with Gasteiger partial charge in [-0.15, -0.1) is 11.3 Å². The molecule has 2 aliphatic rings. The van der Waals surface area contributed by atoms with Crippen LogP contribution in [-0.2, 0) is 22.4 Å². The highest BCUT2D eigenvalue weighted by Crippen LogP contribution is 2.39. The molecule has 0 bridgehead atoms. The summed E-state index contributed by atoms with van der Waals surface area (Å²) in [5.74, 6) is 0.657. The molecule has 0 spiro atoms. The zero-order valence-corrected chi connectivity index (χ0v) is 15.0. The molecule has 0 atom stereocenters. The van der Waals surface area contributed by atoms with E-state index in [-0.39, 0.29) is 12.7 Å². The minimum absolute atomic E-state index is 0.211. The van der Waals surface area contributed by atoms with Crippen LogP contribution in [0.15, 0.2) is 24.3 Å². The van der Waals surface area contributed by atoms with Crippen molar-refractivity contribution in [2.24, 2.45) is 0 Å². The van der Waals surface area contributed by atoms with Gasteiger partial charge in [0.2, 0.25) is 12.7 Å². The lowest BCUT2D eigenvalue weighted by Gasteiger charge is -2.05. The van der Waals surface area contributed by atoms with Gasteiger partial charge in [-0.2, -0.15) is 0 Å². The van der Waals surface area contributed by atoms with E-state index in [0.717, 1.165) is 35.3 Å². The van der Waals surface area contributed by atoms with E-state index < -0.39 is 5.97 Å². The Hall–Kier alpha value is -2.80. The van der Waals surface area contributed by atoms with Crippen LogP contribution in [0.3, 0.4) is 0 Å². The van der Waals surface area contributed by atoms with Gasteiger partial charge in [0.05, 0.1) is 12.7 Å². The van der Waals surface area contributed by atoms with E-state index in [2.05, 4.69) is 5.32 Å². The minimum Gasteiger partial charge on any atom is -0.465 e. The van der Waals surface area contributed by atoms with E-state index >= 15 is 0 Å². The highest BCUT2D eigenvalue weighted by Gasteiger charge is 2.27. The molecule has 0 saturated heterocycles. The van der Waals surface area contributed by atoms with E-state index in [9.17, 15) is 9.59 Å². The van der Waals surface area contributed by atoms with Gasteiger partial charge in [0.15, 0.2) is 11.5 Å². The van der Waals surface area contributed by atoms with Crippen LogP contribution in [0, 0.1) is 0 Å². The van der Waals surface area contributed by atoms with Crippen molar-refractivity contribution in [1.29, 1.82) is 0 Å². The maximum atomic E-state index is 12.3. The molecule has 0 fully saturated rings. The molecule has 1 aromatic carbocycles. The van der Waals surface area contributed by atoms with Gasteiger partial charge in [-0.05, 0) is 48.6 Å². The van der Waals surface area contributed by atoms with Crippen LogP contribution in [0.1, 0.15) is 32.8 Å². The quantitative estimate of drug-likeness (QED) is 0.659. The molecule has 1 N–H and O–H groups in total. The van der Waals surface area contributed by atoms with Gasteiger partial charge in [-0.1, -0.05) is 6.07 Å². The molecule has 0 radical (unpaired) electrons. The third kappa shape index (κ3) is 3.06. The number of anilines is 1. The number of methoxy groups -OCH3 is 1. The molecule has 7 heteroatoms. The van der Waals surface area contributed by atoms with E-state index in [1.54, 1.807) is 12.1 Å². The number of hydrogen-bond donors (Lipinski definition) is 1. The van der Waals surface area contributed by atoms with Crippen LogP contribution in [0.4, 0.5) is 5.00 Å². The number of aryl methyl sites for hydroxylation is 1. The van der Waals surface area contributed by atoms with Crippen molar-refractivity contribution in [3.63, 3.8) is 0 Å². The first-order valence-electron chi connectivity index (χ1n) is 8.27. The summed E-state index contributed by atoms with van der Waals surface area (Å²) in [6, 6.07) is 5.46. The molecule has 134 valence electrons. The topological polar surface area (TPSA) is 73.9 Å². The molecule has 6 nitrogen and oxygen atoms in total. The first kappa shape index (κ1) is 16.7. The Morgan fingerprint density at radius 2 is 2.08 bits per heavy atom. The molecular formula is C19H17NO5S. The normalized spacial score (nSPS) is 14.5. The molecule has 2 heterocycles. The number of carbonyl (C=O) groups is 2. The van der Waals surface area contributed by atoms with E-state index in [1.807, 2.05) is 12.1 Å². The van der Waals surface area contributed by atoms with Gasteiger partial charge in [0.1, 0.15) is 5.00 Å². The number of fused-ring (bicyclic) bond motifs is 2. The number of carbonyl (C=O) groups excluding carboxylic acids is 2. The fourth-order valence-electron chi connectivity index (χ4n) is 3.15. The lowest BCUT2D eigenvalue weighted by molar-refractivity contribution is -0.111. The van der Waals surface area contributed by atoms with Gasteiger partial charge >= 0.3 is 5.97 Å². The lowest BCUT2D eigenvalue weighted by atomic mass is 10.1. The second kappa shape index (κ2) is 6.84. The van der Waals surface area contributed by atoms with E-state index in [4.69, 9.17) is 14.2 Å². The van der Waals surface area contributed by atoms with Gasteiger partial charge < -0.3 is 19.5 Å². The number of rotatable bonds is 4. The molecule has 0 saturated carbocycles. The van der Waals surface area contributed by atoms with Crippen molar-refractivity contribution < 1.29 is 23.8 Å². The standard InChI is InChI=1S/C19H17NO5S/c1-23-19(22)17-12-3-2-4-15(12)26-18(17)20-16(21)8-6-11-5-7-13-14(9-11)25-10-24-13/h5-9H,2-4,10H2,1H3,(H,20,21). The number of benzene rings is 1. The Balaban J connectivity index is 1.51. The third-order valence-electron chi connectivity index (χ3n) is 4.37. The van der Waals surface area contributed by atoms with E-state index in [1.165, 1.54) is 24.5 Å². The van der Waals surface area contributed by atoms with Crippen molar-refractivity contribution in [1.82, 2.24) is 0 Å². The molecule has 2 aromatic rings. The predicted molar refractivity (Wildman–Crippen MR) is 97.9 cm³/mol. The van der Waals surface area contributed by atoms with Gasteiger partial charge in [0.25, 0.3) is 0 Å². The zero-order valence-electron chi connectivity index (χ0n) is 14.2. The Morgan fingerprint density at radius 1 is 1.23 bits per heavy atom. The summed E-state index contributed by atoms with van der Waals surface area (Å²) >= 11 is 1.46. The summed E-state index contributed by atoms with van der Waals surface area (Å²) in [7, 11) is 1.35. The highest BCUT2D eigenvalue weighted by molar-refractivity contribution is 7.17. The lowest BCUT2D eigenvalue weighted by Crippen LogP contribution is -2.12. The van der Waals surface area contributed by atoms with Gasteiger partial charge in [-0.25, -0.2) is 4.79 Å². The van der Waals surface area contributed by atoms with Crippen LogP contribution in [-0.4, -0.2) is 25.8 Å². The first-order chi connectivity index (χ1) is 12.7. The Kier molecular flexibility index (Phi) is 4.38. The average Bonchev–Trinajstić information content (AvgIpc) is 3.34. The van der Waals surface area contributed by atoms with Crippen molar-refractivity contribution in [2.75, 3.05) is 19.2 Å². The summed E-state index contributed by atoms with van der Waals surface area (Å²) < 4.78 is 15.5. The fraction of sp³-hybridized carbons (Fsp3) is 0.263. The zero-order chi connectivity index (χ0) is 18.1. The van der Waals surface area contributed by atoms with Crippen molar-refractivity contribution in [3.05, 3.63) is 45.8 Å². The van der Waals surface area contributed by atoms with Crippen LogP contribution in [0.2, 0.25) is 0 Å². The van der Waals surface area contributed by atoms with Crippen LogP contribution >= 0.6 is 11.3 Å². The van der Waals surface area contributed by atoms with Crippen LogP contribution < -0.4 is 14.8 Å². The second-order valence-corrected chi connectivity index (χ2v) is 7.09. The summed E-state index contributed by atoms with van der Waals surface area (Å²) in [4.78, 5) is 25.6. The van der Waals surface area contributed by atoms with Crippen molar-refractivity contribution >= 4 is 34.3 Å². The van der Waals surface area contributed by atoms with E-state index in [0.29, 0.717) is 22.1 Å². The molecule has 1 aliphatic heterocycles. The molecule has 1 aliphatic carbocycles. The number of esters is 1. The number of ether oxygens (including phenoxy) is 3. The second-order valence-electron chi connectivity index (χ2n) is 5.99. The molecular weight excluding hydrogens is 354 g/mol. The average molecular weight is 371 g/mol. The molecule has 0 unspecified atom stereocenters. The number of amides is 1. The third-order valence-corrected chi connectivity index (χ3v) is 5.58. The Morgan fingerprint density at radius 3 is 2.92 bits per heavy atom. The monoisotopic (exact) mass is 371 g/mol. The molecule has 26 heavy (non-hydrogen) atoms. The van der Waals surface area contributed by atoms with Crippen molar-refractivity contribution in [2.45, 2.75) is 19.3 Å². The first-order valence-corrected chi connectivity index (χ1v) is 9.09.